The Labute approximate surface area is 232 Å². The minimum atomic E-state index is -0.803. The second-order valence-electron chi connectivity index (χ2n) is 12.2. The number of carbonyl (C=O) groups is 1. The van der Waals surface area contributed by atoms with Gasteiger partial charge in [-0.25, -0.2) is 4.39 Å². The minimum Gasteiger partial charge on any atom is -0.460 e. The highest BCUT2D eigenvalue weighted by atomic mass is 19.1. The van der Waals surface area contributed by atoms with Gasteiger partial charge >= 0.3 is 5.97 Å². The molecule has 0 bridgehead atoms. The molecule has 210 valence electrons. The topological polar surface area (TPSA) is 49.7 Å². The molecule has 1 aliphatic heterocycles. The zero-order valence-electron chi connectivity index (χ0n) is 24.3. The zero-order chi connectivity index (χ0) is 28.4. The normalized spacial score (nSPS) is 19.3. The maximum atomic E-state index is 13.9. The maximum Gasteiger partial charge on any atom is 0.308 e. The van der Waals surface area contributed by atoms with Gasteiger partial charge in [0.05, 0.1) is 24.3 Å². The monoisotopic (exact) mass is 535 g/mol. The van der Waals surface area contributed by atoms with Gasteiger partial charge in [-0.15, -0.1) is 0 Å². The molecule has 1 aliphatic rings. The fraction of sp³-hybridized carbons (Fsp3) is 0.485. The van der Waals surface area contributed by atoms with Crippen LogP contribution in [0.2, 0.25) is 0 Å². The molecule has 3 aromatic rings. The lowest BCUT2D eigenvalue weighted by Gasteiger charge is -2.41. The van der Waals surface area contributed by atoms with E-state index >= 15 is 0 Å². The molecule has 0 spiro atoms. The second kappa shape index (κ2) is 11.6. The Morgan fingerprint density at radius 1 is 1.03 bits per heavy atom. The van der Waals surface area contributed by atoms with Crippen LogP contribution >= 0.6 is 0 Å². The van der Waals surface area contributed by atoms with Crippen molar-refractivity contribution in [3.8, 4) is 22.4 Å². The number of hydrogen-bond donors (Lipinski definition) is 0. The fourth-order valence-corrected chi connectivity index (χ4v) is 5.41. The van der Waals surface area contributed by atoms with E-state index in [4.69, 9.17) is 14.2 Å². The molecule has 4 rings (SSSR count). The largest absolute Gasteiger partial charge is 0.460 e. The minimum absolute atomic E-state index is 0.0927. The number of hydrogen-bond acceptors (Lipinski definition) is 4. The third-order valence-electron chi connectivity index (χ3n) is 6.84. The number of aromatic nitrogens is 1. The highest BCUT2D eigenvalue weighted by Crippen LogP contribution is 2.39. The molecule has 2 atom stereocenters. The number of benzene rings is 2. The summed E-state index contributed by atoms with van der Waals surface area (Å²) in [5.74, 6) is -1.03. The predicted octanol–water partition coefficient (Wildman–Crippen LogP) is 8.12. The van der Waals surface area contributed by atoms with Crippen LogP contribution in [0.4, 0.5) is 4.39 Å². The van der Waals surface area contributed by atoms with E-state index in [2.05, 4.69) is 36.6 Å². The van der Waals surface area contributed by atoms with Gasteiger partial charge in [0.25, 0.3) is 0 Å². The van der Waals surface area contributed by atoms with Crippen molar-refractivity contribution in [3.05, 3.63) is 72.2 Å². The lowest BCUT2D eigenvalue weighted by molar-refractivity contribution is -0.301. The molecule has 5 nitrogen and oxygen atoms in total. The number of esters is 1. The first-order chi connectivity index (χ1) is 18.3. The van der Waals surface area contributed by atoms with Crippen molar-refractivity contribution < 1.29 is 23.4 Å². The summed E-state index contributed by atoms with van der Waals surface area (Å²) in [5, 5.41) is 0. The summed E-state index contributed by atoms with van der Waals surface area (Å²) in [6.45, 7) is 14.5. The Morgan fingerprint density at radius 2 is 1.67 bits per heavy atom. The first-order valence-electron chi connectivity index (χ1n) is 13.9. The Bertz CT molecular complexity index is 1260. The molecule has 0 radical (unpaired) electrons. The summed E-state index contributed by atoms with van der Waals surface area (Å²) in [6, 6.07) is 19.3. The van der Waals surface area contributed by atoms with Gasteiger partial charge in [0, 0.05) is 24.2 Å². The average molecular weight is 536 g/mol. The molecule has 2 aromatic carbocycles. The number of rotatable bonds is 8. The van der Waals surface area contributed by atoms with Crippen molar-refractivity contribution in [1.82, 2.24) is 4.57 Å². The highest BCUT2D eigenvalue weighted by molar-refractivity contribution is 5.82. The number of ether oxygens (including phenoxy) is 3. The van der Waals surface area contributed by atoms with Gasteiger partial charge in [0.1, 0.15) is 11.4 Å². The molecule has 1 fully saturated rings. The quantitative estimate of drug-likeness (QED) is 0.273. The average Bonchev–Trinajstić information content (AvgIpc) is 3.21. The van der Waals surface area contributed by atoms with Crippen molar-refractivity contribution in [1.29, 1.82) is 0 Å². The van der Waals surface area contributed by atoms with Crippen LogP contribution in [-0.4, -0.2) is 34.1 Å². The van der Waals surface area contributed by atoms with Crippen LogP contribution in [0.25, 0.3) is 22.4 Å². The molecule has 0 amide bonds. The van der Waals surface area contributed by atoms with Crippen LogP contribution in [0.15, 0.2) is 60.7 Å². The molecule has 0 aliphatic carbocycles. The molecule has 39 heavy (non-hydrogen) atoms. The van der Waals surface area contributed by atoms with Crippen molar-refractivity contribution in [3.63, 3.8) is 0 Å². The number of carbonyl (C=O) groups excluding carboxylic acids is 1. The van der Waals surface area contributed by atoms with Gasteiger partial charge in [-0.2, -0.15) is 0 Å². The first-order valence-corrected chi connectivity index (χ1v) is 13.9. The first kappa shape index (κ1) is 29.0. The molecule has 0 saturated carbocycles. The van der Waals surface area contributed by atoms with E-state index in [0.29, 0.717) is 13.0 Å². The van der Waals surface area contributed by atoms with Gasteiger partial charge in [-0.1, -0.05) is 44.2 Å². The summed E-state index contributed by atoms with van der Waals surface area (Å²) in [7, 11) is 0. The maximum absolute atomic E-state index is 13.9. The van der Waals surface area contributed by atoms with E-state index in [9.17, 15) is 9.18 Å². The second-order valence-corrected chi connectivity index (χ2v) is 12.2. The number of halogens is 1. The van der Waals surface area contributed by atoms with Crippen molar-refractivity contribution >= 4 is 5.97 Å². The molecule has 1 aromatic heterocycles. The lowest BCUT2D eigenvalue weighted by Crippen LogP contribution is -2.46. The Kier molecular flexibility index (Phi) is 8.67. The molecular weight excluding hydrogens is 493 g/mol. The summed E-state index contributed by atoms with van der Waals surface area (Å²) >= 11 is 0. The van der Waals surface area contributed by atoms with Gasteiger partial charge in [-0.05, 0) is 88.4 Å². The summed E-state index contributed by atoms with van der Waals surface area (Å²) in [4.78, 5) is 12.5. The molecule has 0 N–H and O–H groups in total. The van der Waals surface area contributed by atoms with Crippen LogP contribution in [-0.2, 0) is 25.5 Å². The van der Waals surface area contributed by atoms with Crippen LogP contribution in [0, 0.1) is 5.82 Å². The Hall–Kier alpha value is -2.96. The SMILES string of the molecule is CC(C)c1cc(-c2ccccc2)c(-c2ccc(F)cc2)n1CCC1CC(CC(=O)OC(C)(C)C)OC(C)(C)O1. The van der Waals surface area contributed by atoms with Gasteiger partial charge < -0.3 is 18.8 Å². The van der Waals surface area contributed by atoms with E-state index in [-0.39, 0.29) is 36.3 Å². The van der Waals surface area contributed by atoms with Crippen LogP contribution in [0.3, 0.4) is 0 Å². The van der Waals surface area contributed by atoms with Crippen LogP contribution in [0.1, 0.15) is 79.3 Å². The third kappa shape index (κ3) is 7.58. The third-order valence-corrected chi connectivity index (χ3v) is 6.84. The standard InChI is InChI=1S/C33H42FNO4/c1-22(2)29-21-28(23-11-9-8-10-12-23)31(24-13-15-25(34)16-14-24)35(29)18-17-26-19-27(38-33(6,7)37-26)20-30(36)39-32(3,4)5/h8-16,21-22,26-27H,17-20H2,1-7H3. The number of nitrogens with zero attached hydrogens (tertiary/aromatic N) is 1. The highest BCUT2D eigenvalue weighted by Gasteiger charge is 2.37. The van der Waals surface area contributed by atoms with Crippen LogP contribution < -0.4 is 0 Å². The predicted molar refractivity (Wildman–Crippen MR) is 153 cm³/mol. The summed E-state index contributed by atoms with van der Waals surface area (Å²) in [6.07, 6.45) is 1.18. The zero-order valence-corrected chi connectivity index (χ0v) is 24.3. The smallest absolute Gasteiger partial charge is 0.308 e. The van der Waals surface area contributed by atoms with Crippen LogP contribution in [0.5, 0.6) is 0 Å². The van der Waals surface area contributed by atoms with Crippen molar-refractivity contribution in [2.45, 2.75) is 104 Å². The molecular formula is C33H42FNO4. The van der Waals surface area contributed by atoms with E-state index in [1.54, 1.807) is 0 Å². The van der Waals surface area contributed by atoms with E-state index in [1.165, 1.54) is 17.8 Å². The molecule has 1 saturated heterocycles. The Balaban J connectivity index is 1.63. The molecule has 6 heteroatoms. The summed E-state index contributed by atoms with van der Waals surface area (Å²) in [5.41, 5.74) is 4.97. The van der Waals surface area contributed by atoms with E-state index < -0.39 is 11.4 Å². The Morgan fingerprint density at radius 3 is 2.28 bits per heavy atom. The molecule has 2 heterocycles. The lowest BCUT2D eigenvalue weighted by atomic mass is 10.0. The van der Waals surface area contributed by atoms with E-state index in [0.717, 1.165) is 28.8 Å². The van der Waals surface area contributed by atoms with E-state index in [1.807, 2.05) is 65.0 Å². The summed E-state index contributed by atoms with van der Waals surface area (Å²) < 4.78 is 34.2. The van der Waals surface area contributed by atoms with Crippen molar-refractivity contribution in [2.24, 2.45) is 0 Å². The van der Waals surface area contributed by atoms with Gasteiger partial charge in [0.2, 0.25) is 0 Å². The van der Waals surface area contributed by atoms with Crippen molar-refractivity contribution in [2.75, 3.05) is 0 Å². The molecule has 2 unspecified atom stereocenters. The fourth-order valence-electron chi connectivity index (χ4n) is 5.41. The van der Waals surface area contributed by atoms with Gasteiger partial charge in [0.15, 0.2) is 5.79 Å². The van der Waals surface area contributed by atoms with Gasteiger partial charge in [-0.3, -0.25) is 4.79 Å².